The lowest BCUT2D eigenvalue weighted by molar-refractivity contribution is 0.0788. The maximum Gasteiger partial charge on any atom is 0.135 e. The molecule has 0 aliphatic rings. The number of ether oxygens (including phenoxy) is 3. The van der Waals surface area contributed by atoms with Crippen molar-refractivity contribution in [2.75, 3.05) is 27.4 Å². The largest absolute Gasteiger partial charge is 0.496 e. The van der Waals surface area contributed by atoms with Gasteiger partial charge in [-0.1, -0.05) is 13.8 Å². The van der Waals surface area contributed by atoms with Gasteiger partial charge in [0.1, 0.15) is 17.6 Å². The molecule has 0 radical (unpaired) electrons. The molecule has 0 saturated carbocycles. The molecule has 0 saturated heterocycles. The fourth-order valence-electron chi connectivity index (χ4n) is 1.62. The highest BCUT2D eigenvalue weighted by Gasteiger charge is 2.15. The topological polar surface area (TPSA) is 39.7 Å². The van der Waals surface area contributed by atoms with Gasteiger partial charge in [0.25, 0.3) is 0 Å². The second kappa shape index (κ2) is 8.87. The van der Waals surface area contributed by atoms with Crippen molar-refractivity contribution in [3.8, 4) is 11.5 Å². The summed E-state index contributed by atoms with van der Waals surface area (Å²) in [4.78, 5) is 0. The summed E-state index contributed by atoms with van der Waals surface area (Å²) in [7, 11) is 3.30. The van der Waals surface area contributed by atoms with Crippen LogP contribution in [0.5, 0.6) is 11.5 Å². The Morgan fingerprint density at radius 1 is 1.10 bits per heavy atom. The van der Waals surface area contributed by atoms with Crippen LogP contribution < -0.4 is 14.8 Å². The smallest absolute Gasteiger partial charge is 0.135 e. The molecule has 0 aliphatic heterocycles. The van der Waals surface area contributed by atoms with E-state index in [-0.39, 0.29) is 6.10 Å². The van der Waals surface area contributed by atoms with E-state index in [0.29, 0.717) is 12.6 Å². The first-order chi connectivity index (χ1) is 9.47. The minimum Gasteiger partial charge on any atom is -0.496 e. The highest BCUT2D eigenvalue weighted by molar-refractivity contribution is 9.11. The van der Waals surface area contributed by atoms with Crippen LogP contribution >= 0.6 is 31.9 Å². The minimum absolute atomic E-state index is 0.0565. The van der Waals surface area contributed by atoms with Gasteiger partial charge in [-0.05, 0) is 44.0 Å². The van der Waals surface area contributed by atoms with Gasteiger partial charge in [-0.15, -0.1) is 0 Å². The molecule has 0 fully saturated rings. The fraction of sp³-hybridized carbons (Fsp3) is 0.571. The van der Waals surface area contributed by atoms with E-state index in [0.717, 1.165) is 27.0 Å². The number of halogens is 2. The van der Waals surface area contributed by atoms with Crippen molar-refractivity contribution in [3.05, 3.63) is 21.1 Å². The lowest BCUT2D eigenvalue weighted by Crippen LogP contribution is -2.38. The van der Waals surface area contributed by atoms with Crippen LogP contribution in [0.3, 0.4) is 0 Å². The van der Waals surface area contributed by atoms with Crippen molar-refractivity contribution in [1.82, 2.24) is 5.32 Å². The maximum atomic E-state index is 6.00. The molecule has 0 aliphatic carbocycles. The monoisotopic (exact) mass is 409 g/mol. The van der Waals surface area contributed by atoms with Crippen molar-refractivity contribution in [2.45, 2.75) is 26.0 Å². The molecule has 0 spiro atoms. The van der Waals surface area contributed by atoms with Crippen LogP contribution in [-0.4, -0.2) is 39.5 Å². The third-order valence-corrected chi connectivity index (χ3v) is 3.85. The molecule has 20 heavy (non-hydrogen) atoms. The van der Waals surface area contributed by atoms with E-state index < -0.39 is 0 Å². The molecule has 114 valence electrons. The Balaban J connectivity index is 2.79. The predicted octanol–water partition coefficient (Wildman–Crippen LogP) is 3.61. The summed E-state index contributed by atoms with van der Waals surface area (Å²) in [5.41, 5.74) is 0. The third-order valence-electron chi connectivity index (χ3n) is 2.61. The molecule has 0 heterocycles. The second-order valence-electron chi connectivity index (χ2n) is 4.68. The highest BCUT2D eigenvalue weighted by Crippen LogP contribution is 2.36. The number of hydrogen-bond acceptors (Lipinski definition) is 4. The Kier molecular flexibility index (Phi) is 7.87. The molecule has 0 amide bonds. The Morgan fingerprint density at radius 2 is 1.70 bits per heavy atom. The molecule has 4 nitrogen and oxygen atoms in total. The van der Waals surface area contributed by atoms with Gasteiger partial charge in [0.05, 0.1) is 22.7 Å². The van der Waals surface area contributed by atoms with E-state index in [1.54, 1.807) is 14.2 Å². The van der Waals surface area contributed by atoms with Gasteiger partial charge < -0.3 is 19.5 Å². The first-order valence-electron chi connectivity index (χ1n) is 6.40. The first-order valence-corrected chi connectivity index (χ1v) is 7.98. The SMILES string of the molecule is COCC(CNC(C)C)Oc1cc(Br)c(OC)cc1Br. The van der Waals surface area contributed by atoms with Crippen molar-refractivity contribution in [1.29, 1.82) is 0 Å². The van der Waals surface area contributed by atoms with Crippen LogP contribution in [-0.2, 0) is 4.74 Å². The number of benzene rings is 1. The van der Waals surface area contributed by atoms with Crippen molar-refractivity contribution < 1.29 is 14.2 Å². The number of rotatable bonds is 8. The Labute approximate surface area is 137 Å². The van der Waals surface area contributed by atoms with Crippen LogP contribution in [0.15, 0.2) is 21.1 Å². The average Bonchev–Trinajstić information content (AvgIpc) is 2.39. The zero-order valence-electron chi connectivity index (χ0n) is 12.2. The molecule has 1 aromatic rings. The lowest BCUT2D eigenvalue weighted by Gasteiger charge is -2.21. The van der Waals surface area contributed by atoms with Crippen molar-refractivity contribution >= 4 is 31.9 Å². The predicted molar refractivity (Wildman–Crippen MR) is 87.8 cm³/mol. The molecule has 1 aromatic carbocycles. The van der Waals surface area contributed by atoms with Crippen molar-refractivity contribution in [2.24, 2.45) is 0 Å². The standard InChI is InChI=1S/C14H21Br2NO3/c1-9(2)17-7-10(8-18-3)20-14-6-11(15)13(19-4)5-12(14)16/h5-6,9-10,17H,7-8H2,1-4H3. The summed E-state index contributed by atoms with van der Waals surface area (Å²) in [5.74, 6) is 1.51. The zero-order valence-corrected chi connectivity index (χ0v) is 15.4. The van der Waals surface area contributed by atoms with Gasteiger partial charge >= 0.3 is 0 Å². The summed E-state index contributed by atoms with van der Waals surface area (Å²) in [5, 5.41) is 3.35. The van der Waals surface area contributed by atoms with Crippen LogP contribution in [0.25, 0.3) is 0 Å². The van der Waals surface area contributed by atoms with Gasteiger partial charge in [-0.25, -0.2) is 0 Å². The number of nitrogens with one attached hydrogen (secondary N) is 1. The summed E-state index contributed by atoms with van der Waals surface area (Å²) >= 11 is 6.95. The highest BCUT2D eigenvalue weighted by atomic mass is 79.9. The van der Waals surface area contributed by atoms with Gasteiger partial charge in [0.15, 0.2) is 0 Å². The molecule has 1 unspecified atom stereocenters. The van der Waals surface area contributed by atoms with E-state index in [9.17, 15) is 0 Å². The summed E-state index contributed by atoms with van der Waals surface area (Å²) in [6, 6.07) is 4.17. The van der Waals surface area contributed by atoms with E-state index >= 15 is 0 Å². The van der Waals surface area contributed by atoms with Gasteiger partial charge in [-0.3, -0.25) is 0 Å². The maximum absolute atomic E-state index is 6.00. The van der Waals surface area contributed by atoms with Gasteiger partial charge in [-0.2, -0.15) is 0 Å². The van der Waals surface area contributed by atoms with E-state index in [1.165, 1.54) is 0 Å². The molecule has 1 N–H and O–H groups in total. The summed E-state index contributed by atoms with van der Waals surface area (Å²) in [6.07, 6.45) is -0.0565. The van der Waals surface area contributed by atoms with Gasteiger partial charge in [0, 0.05) is 19.7 Å². The van der Waals surface area contributed by atoms with Crippen LogP contribution in [0, 0.1) is 0 Å². The molecule has 0 aromatic heterocycles. The lowest BCUT2D eigenvalue weighted by atomic mass is 10.3. The second-order valence-corrected chi connectivity index (χ2v) is 6.38. The molecule has 1 atom stereocenters. The van der Waals surface area contributed by atoms with E-state index in [2.05, 4.69) is 51.0 Å². The van der Waals surface area contributed by atoms with Crippen LogP contribution in [0.4, 0.5) is 0 Å². The fourth-order valence-corrected chi connectivity index (χ4v) is 2.52. The minimum atomic E-state index is -0.0565. The number of methoxy groups -OCH3 is 2. The zero-order chi connectivity index (χ0) is 15.1. The summed E-state index contributed by atoms with van der Waals surface area (Å²) < 4.78 is 18.1. The Bertz CT molecular complexity index is 427. The molecular weight excluding hydrogens is 390 g/mol. The molecular formula is C14H21Br2NO3. The summed E-state index contributed by atoms with van der Waals surface area (Å²) in [6.45, 7) is 5.45. The number of hydrogen-bond donors (Lipinski definition) is 1. The van der Waals surface area contributed by atoms with Crippen LogP contribution in [0.1, 0.15) is 13.8 Å². The Morgan fingerprint density at radius 3 is 2.25 bits per heavy atom. The van der Waals surface area contributed by atoms with Crippen LogP contribution in [0.2, 0.25) is 0 Å². The molecule has 1 rings (SSSR count). The third kappa shape index (κ3) is 5.60. The Hall–Kier alpha value is -0.300. The van der Waals surface area contributed by atoms with E-state index in [4.69, 9.17) is 14.2 Å². The normalized spacial score (nSPS) is 12.6. The van der Waals surface area contributed by atoms with Crippen molar-refractivity contribution in [3.63, 3.8) is 0 Å². The molecule has 0 bridgehead atoms. The van der Waals surface area contributed by atoms with Gasteiger partial charge in [0.2, 0.25) is 0 Å². The molecule has 6 heteroatoms. The average molecular weight is 411 g/mol. The quantitative estimate of drug-likeness (QED) is 0.710. The first kappa shape index (κ1) is 17.8. The van der Waals surface area contributed by atoms with E-state index in [1.807, 2.05) is 12.1 Å².